The van der Waals surface area contributed by atoms with E-state index in [4.69, 9.17) is 16.3 Å². The first-order chi connectivity index (χ1) is 12.2. The van der Waals surface area contributed by atoms with Gasteiger partial charge in [-0.15, -0.1) is 0 Å². The molecule has 1 fully saturated rings. The second kappa shape index (κ2) is 5.97. The summed E-state index contributed by atoms with van der Waals surface area (Å²) in [5.74, 6) is -0.469. The van der Waals surface area contributed by atoms with Crippen LogP contribution in [0.15, 0.2) is 51.8 Å². The fourth-order valence-corrected chi connectivity index (χ4v) is 6.03. The van der Waals surface area contributed by atoms with Gasteiger partial charge in [0.05, 0.1) is 4.90 Å². The number of fused-ring (bicyclic) bond motifs is 4. The lowest BCUT2D eigenvalue weighted by Crippen LogP contribution is -2.63. The van der Waals surface area contributed by atoms with Crippen LogP contribution < -0.4 is 10.1 Å². The average molecular weight is 457 g/mol. The van der Waals surface area contributed by atoms with Gasteiger partial charge in [0.25, 0.3) is 0 Å². The van der Waals surface area contributed by atoms with Crippen LogP contribution in [0.25, 0.3) is 0 Å². The Kier molecular flexibility index (Phi) is 4.09. The number of hydrogen-bond donors (Lipinski definition) is 1. The molecule has 0 saturated carbocycles. The van der Waals surface area contributed by atoms with E-state index < -0.39 is 32.6 Å². The highest BCUT2D eigenvalue weighted by atomic mass is 79.9. The Labute approximate surface area is 164 Å². The van der Waals surface area contributed by atoms with Gasteiger partial charge in [-0.05, 0) is 49.4 Å². The summed E-state index contributed by atoms with van der Waals surface area (Å²) in [5.41, 5.74) is -0.205. The Morgan fingerprint density at radius 1 is 1.23 bits per heavy atom. The van der Waals surface area contributed by atoms with Crippen LogP contribution in [0.3, 0.4) is 0 Å². The second-order valence-electron chi connectivity index (χ2n) is 6.73. The number of rotatable bonds is 2. The molecule has 0 aromatic heterocycles. The normalized spacial score (nSPS) is 27.3. The van der Waals surface area contributed by atoms with E-state index in [-0.39, 0.29) is 4.90 Å². The van der Waals surface area contributed by atoms with Gasteiger partial charge < -0.3 is 10.1 Å². The van der Waals surface area contributed by atoms with E-state index in [0.29, 0.717) is 22.8 Å². The van der Waals surface area contributed by atoms with Gasteiger partial charge in [-0.2, -0.15) is 0 Å². The Morgan fingerprint density at radius 3 is 2.62 bits per heavy atom. The first-order valence-electron chi connectivity index (χ1n) is 8.00. The zero-order valence-electron chi connectivity index (χ0n) is 13.7. The third kappa shape index (κ3) is 2.82. The van der Waals surface area contributed by atoms with Crippen molar-refractivity contribution >= 4 is 43.3 Å². The molecule has 0 spiro atoms. The Hall–Kier alpha value is -1.57. The predicted molar refractivity (Wildman–Crippen MR) is 101 cm³/mol. The van der Waals surface area contributed by atoms with Gasteiger partial charge in [0.1, 0.15) is 5.75 Å². The molecule has 4 rings (SSSR count). The first kappa shape index (κ1) is 17.8. The van der Waals surface area contributed by atoms with Gasteiger partial charge in [-0.3, -0.25) is 4.79 Å². The molecule has 2 heterocycles. The molecule has 2 aromatic rings. The number of ether oxygens (including phenoxy) is 1. The number of piperidine rings is 1. The fourth-order valence-electron chi connectivity index (χ4n) is 3.71. The molecule has 1 saturated heterocycles. The zero-order valence-corrected chi connectivity index (χ0v) is 16.9. The van der Waals surface area contributed by atoms with Gasteiger partial charge in [0.2, 0.25) is 5.91 Å². The molecule has 5 nitrogen and oxygen atoms in total. The lowest BCUT2D eigenvalue weighted by molar-refractivity contribution is -0.132. The fraction of sp³-hybridized carbons (Fsp3) is 0.278. The molecular weight excluding hydrogens is 442 g/mol. The van der Waals surface area contributed by atoms with Crippen molar-refractivity contribution in [2.45, 2.75) is 35.1 Å². The molecule has 2 bridgehead atoms. The highest BCUT2D eigenvalue weighted by Crippen LogP contribution is 2.47. The van der Waals surface area contributed by atoms with Crippen LogP contribution >= 0.6 is 27.5 Å². The van der Waals surface area contributed by atoms with Crippen molar-refractivity contribution in [2.24, 2.45) is 0 Å². The smallest absolute Gasteiger partial charge is 0.242 e. The summed E-state index contributed by atoms with van der Waals surface area (Å²) in [5, 5.41) is 1.95. The van der Waals surface area contributed by atoms with Crippen LogP contribution in [-0.4, -0.2) is 25.3 Å². The summed E-state index contributed by atoms with van der Waals surface area (Å²) in [6.07, 6.45) is 0.375. The molecule has 2 aliphatic rings. The monoisotopic (exact) mass is 455 g/mol. The largest absolute Gasteiger partial charge is 0.468 e. The lowest BCUT2D eigenvalue weighted by Gasteiger charge is -2.46. The molecule has 2 aromatic carbocycles. The maximum atomic E-state index is 13.3. The van der Waals surface area contributed by atoms with Crippen LogP contribution in [0.4, 0.5) is 0 Å². The highest BCUT2D eigenvalue weighted by Gasteiger charge is 2.54. The minimum atomic E-state index is -3.90. The number of halogens is 2. The predicted octanol–water partition coefficient (Wildman–Crippen LogP) is 3.66. The summed E-state index contributed by atoms with van der Waals surface area (Å²) in [6.45, 7) is 1.76. The van der Waals surface area contributed by atoms with E-state index in [2.05, 4.69) is 21.2 Å². The Balaban J connectivity index is 1.86. The van der Waals surface area contributed by atoms with Gasteiger partial charge in [-0.1, -0.05) is 27.5 Å². The third-order valence-corrected chi connectivity index (χ3v) is 7.69. The quantitative estimate of drug-likeness (QED) is 0.748. The standard InChI is InChI=1S/C18H15BrClNO4S/c1-18-9-14(13-8-10(19)2-7-15(13)25-18)16(17(22)21-18)26(23,24)12-5-3-11(20)4-6-12/h2-8,14,16H,9H2,1H3,(H,21,22). The van der Waals surface area contributed by atoms with Crippen LogP contribution in [-0.2, 0) is 14.6 Å². The molecule has 3 atom stereocenters. The number of carbonyl (C=O) groups is 1. The molecule has 26 heavy (non-hydrogen) atoms. The van der Waals surface area contributed by atoms with Crippen molar-refractivity contribution in [3.8, 4) is 5.75 Å². The van der Waals surface area contributed by atoms with Crippen LogP contribution in [0.2, 0.25) is 5.02 Å². The highest BCUT2D eigenvalue weighted by molar-refractivity contribution is 9.10. The van der Waals surface area contributed by atoms with Gasteiger partial charge >= 0.3 is 0 Å². The number of sulfone groups is 1. The molecule has 1 amide bonds. The lowest BCUT2D eigenvalue weighted by atomic mass is 9.81. The summed E-state index contributed by atoms with van der Waals surface area (Å²) < 4.78 is 33.2. The SMILES string of the molecule is CC12CC(c3cc(Br)ccc3O1)C(S(=O)(=O)c1ccc(Cl)cc1)C(=O)N2. The average Bonchev–Trinajstić information content (AvgIpc) is 2.55. The third-order valence-electron chi connectivity index (χ3n) is 4.80. The minimum Gasteiger partial charge on any atom is -0.468 e. The number of nitrogens with one attached hydrogen (secondary N) is 1. The van der Waals surface area contributed by atoms with Crippen LogP contribution in [0.1, 0.15) is 24.8 Å². The van der Waals surface area contributed by atoms with E-state index in [9.17, 15) is 13.2 Å². The molecule has 136 valence electrons. The maximum Gasteiger partial charge on any atom is 0.242 e. The molecule has 8 heteroatoms. The van der Waals surface area contributed by atoms with Crippen molar-refractivity contribution in [1.82, 2.24) is 5.32 Å². The number of benzene rings is 2. The van der Waals surface area contributed by atoms with Crippen LogP contribution in [0, 0.1) is 0 Å². The van der Waals surface area contributed by atoms with E-state index >= 15 is 0 Å². The Morgan fingerprint density at radius 2 is 1.92 bits per heavy atom. The first-order valence-corrected chi connectivity index (χ1v) is 10.7. The molecule has 0 radical (unpaired) electrons. The summed E-state index contributed by atoms with van der Waals surface area (Å²) >= 11 is 9.28. The topological polar surface area (TPSA) is 72.5 Å². The Bertz CT molecular complexity index is 1010. The van der Waals surface area contributed by atoms with Crippen molar-refractivity contribution in [3.63, 3.8) is 0 Å². The maximum absolute atomic E-state index is 13.3. The second-order valence-corrected chi connectivity index (χ2v) is 10.2. The van der Waals surface area contributed by atoms with Gasteiger partial charge in [0, 0.05) is 27.4 Å². The number of carbonyl (C=O) groups excluding carboxylic acids is 1. The zero-order chi connectivity index (χ0) is 18.7. The van der Waals surface area contributed by atoms with E-state index in [0.717, 1.165) is 4.47 Å². The summed E-state index contributed by atoms with van der Waals surface area (Å²) in [6, 6.07) is 11.3. The van der Waals surface area contributed by atoms with Crippen molar-refractivity contribution < 1.29 is 17.9 Å². The molecule has 1 N–H and O–H groups in total. The van der Waals surface area contributed by atoms with E-state index in [1.807, 2.05) is 12.1 Å². The van der Waals surface area contributed by atoms with Gasteiger partial charge in [0.15, 0.2) is 20.8 Å². The van der Waals surface area contributed by atoms with Crippen molar-refractivity contribution in [1.29, 1.82) is 0 Å². The molecule has 0 aliphatic carbocycles. The molecular formula is C18H15BrClNO4S. The minimum absolute atomic E-state index is 0.0775. The molecule has 3 unspecified atom stereocenters. The van der Waals surface area contributed by atoms with E-state index in [1.54, 1.807) is 13.0 Å². The summed E-state index contributed by atoms with van der Waals surface area (Å²) in [7, 11) is -3.90. The van der Waals surface area contributed by atoms with Crippen molar-refractivity contribution in [2.75, 3.05) is 0 Å². The van der Waals surface area contributed by atoms with Gasteiger partial charge in [-0.25, -0.2) is 8.42 Å². The molecule has 2 aliphatic heterocycles. The van der Waals surface area contributed by atoms with E-state index in [1.165, 1.54) is 24.3 Å². The van der Waals surface area contributed by atoms with Crippen molar-refractivity contribution in [3.05, 3.63) is 57.5 Å². The summed E-state index contributed by atoms with van der Waals surface area (Å²) in [4.78, 5) is 12.9. The van der Waals surface area contributed by atoms with Crippen LogP contribution in [0.5, 0.6) is 5.75 Å². The number of hydrogen-bond acceptors (Lipinski definition) is 4. The number of amides is 1.